The number of aliphatic carboxylic acids is 1. The Hall–Kier alpha value is -1.88. The molecular formula is C16H24N2O3. The standard InChI is InChI=1S/C16H24N2O3/c1-11(7-6-10-14(19)20)18-16(21)12(2)15(17)13-8-4-3-5-9-13/h3-5,8-9,11-12,15H,6-7,10,17H2,1-2H3,(H,18,21)(H,19,20). The van der Waals surface area contributed by atoms with Crippen LogP contribution in [0.4, 0.5) is 0 Å². The number of nitrogens with one attached hydrogen (secondary N) is 1. The Balaban J connectivity index is 2.45. The number of carboxylic acids is 1. The van der Waals surface area contributed by atoms with E-state index < -0.39 is 5.97 Å². The third-order valence-corrected chi connectivity index (χ3v) is 3.55. The van der Waals surface area contributed by atoms with Gasteiger partial charge in [0, 0.05) is 18.5 Å². The smallest absolute Gasteiger partial charge is 0.303 e. The normalized spacial score (nSPS) is 15.0. The number of carbonyl (C=O) groups is 2. The largest absolute Gasteiger partial charge is 0.481 e. The first-order valence-corrected chi connectivity index (χ1v) is 7.24. The van der Waals surface area contributed by atoms with Gasteiger partial charge in [0.2, 0.25) is 5.91 Å². The molecule has 0 aliphatic carbocycles. The third kappa shape index (κ3) is 5.95. The predicted molar refractivity (Wildman–Crippen MR) is 81.6 cm³/mol. The molecule has 0 radical (unpaired) electrons. The Morgan fingerprint density at radius 2 is 1.86 bits per heavy atom. The van der Waals surface area contributed by atoms with Crippen molar-refractivity contribution in [1.82, 2.24) is 5.32 Å². The van der Waals surface area contributed by atoms with Crippen molar-refractivity contribution in [1.29, 1.82) is 0 Å². The van der Waals surface area contributed by atoms with Crippen LogP contribution >= 0.6 is 0 Å². The fourth-order valence-electron chi connectivity index (χ4n) is 2.13. The van der Waals surface area contributed by atoms with E-state index in [1.54, 1.807) is 6.92 Å². The molecule has 1 aromatic rings. The van der Waals surface area contributed by atoms with Crippen LogP contribution in [0.2, 0.25) is 0 Å². The molecule has 21 heavy (non-hydrogen) atoms. The van der Waals surface area contributed by atoms with Crippen LogP contribution in [0.5, 0.6) is 0 Å². The minimum absolute atomic E-state index is 0.0535. The van der Waals surface area contributed by atoms with Crippen LogP contribution in [0.3, 0.4) is 0 Å². The van der Waals surface area contributed by atoms with Crippen molar-refractivity contribution in [2.75, 3.05) is 0 Å². The van der Waals surface area contributed by atoms with Crippen molar-refractivity contribution in [2.24, 2.45) is 11.7 Å². The monoisotopic (exact) mass is 292 g/mol. The molecule has 0 aliphatic rings. The van der Waals surface area contributed by atoms with E-state index in [9.17, 15) is 9.59 Å². The Labute approximate surface area is 125 Å². The van der Waals surface area contributed by atoms with Gasteiger partial charge in [0.1, 0.15) is 0 Å². The molecule has 0 saturated heterocycles. The second-order valence-corrected chi connectivity index (χ2v) is 5.42. The first-order chi connectivity index (χ1) is 9.91. The summed E-state index contributed by atoms with van der Waals surface area (Å²) in [6.07, 6.45) is 1.32. The molecule has 0 heterocycles. The maximum atomic E-state index is 12.2. The molecule has 3 unspecified atom stereocenters. The lowest BCUT2D eigenvalue weighted by molar-refractivity contribution is -0.137. The second-order valence-electron chi connectivity index (χ2n) is 5.42. The van der Waals surface area contributed by atoms with Gasteiger partial charge >= 0.3 is 5.97 Å². The molecule has 0 bridgehead atoms. The zero-order valence-corrected chi connectivity index (χ0v) is 12.6. The zero-order valence-electron chi connectivity index (χ0n) is 12.6. The van der Waals surface area contributed by atoms with Crippen molar-refractivity contribution >= 4 is 11.9 Å². The van der Waals surface area contributed by atoms with E-state index in [-0.39, 0.29) is 30.3 Å². The topological polar surface area (TPSA) is 92.4 Å². The minimum atomic E-state index is -0.812. The van der Waals surface area contributed by atoms with Crippen molar-refractivity contribution in [3.05, 3.63) is 35.9 Å². The van der Waals surface area contributed by atoms with E-state index in [1.807, 2.05) is 37.3 Å². The number of hydrogen-bond donors (Lipinski definition) is 3. The molecule has 1 rings (SSSR count). The number of amides is 1. The van der Waals surface area contributed by atoms with Crippen molar-refractivity contribution in [3.8, 4) is 0 Å². The summed E-state index contributed by atoms with van der Waals surface area (Å²) in [5.74, 6) is -1.25. The molecule has 0 aromatic heterocycles. The summed E-state index contributed by atoms with van der Waals surface area (Å²) in [7, 11) is 0. The van der Waals surface area contributed by atoms with Crippen LogP contribution in [-0.4, -0.2) is 23.0 Å². The van der Waals surface area contributed by atoms with Gasteiger partial charge in [-0.15, -0.1) is 0 Å². The van der Waals surface area contributed by atoms with E-state index in [0.717, 1.165) is 5.56 Å². The number of carbonyl (C=O) groups excluding carboxylic acids is 1. The highest BCUT2D eigenvalue weighted by molar-refractivity contribution is 5.79. The predicted octanol–water partition coefficient (Wildman–Crippen LogP) is 2.08. The van der Waals surface area contributed by atoms with Gasteiger partial charge in [0.25, 0.3) is 0 Å². The quantitative estimate of drug-likeness (QED) is 0.684. The molecule has 4 N–H and O–H groups in total. The first-order valence-electron chi connectivity index (χ1n) is 7.24. The molecule has 1 amide bonds. The van der Waals surface area contributed by atoms with Crippen LogP contribution in [0, 0.1) is 5.92 Å². The first kappa shape index (κ1) is 17.2. The lowest BCUT2D eigenvalue weighted by Crippen LogP contribution is -2.40. The fraction of sp³-hybridized carbons (Fsp3) is 0.500. The fourth-order valence-corrected chi connectivity index (χ4v) is 2.13. The van der Waals surface area contributed by atoms with Gasteiger partial charge < -0.3 is 16.2 Å². The van der Waals surface area contributed by atoms with Gasteiger partial charge in [-0.2, -0.15) is 0 Å². The molecular weight excluding hydrogens is 268 g/mol. The Morgan fingerprint density at radius 1 is 1.24 bits per heavy atom. The van der Waals surface area contributed by atoms with Gasteiger partial charge in [-0.25, -0.2) is 0 Å². The maximum absolute atomic E-state index is 12.2. The molecule has 0 aliphatic heterocycles. The molecule has 5 nitrogen and oxygen atoms in total. The highest BCUT2D eigenvalue weighted by atomic mass is 16.4. The minimum Gasteiger partial charge on any atom is -0.481 e. The van der Waals surface area contributed by atoms with E-state index in [4.69, 9.17) is 10.8 Å². The maximum Gasteiger partial charge on any atom is 0.303 e. The van der Waals surface area contributed by atoms with Gasteiger partial charge in [0.15, 0.2) is 0 Å². The molecule has 116 valence electrons. The molecule has 5 heteroatoms. The summed E-state index contributed by atoms with van der Waals surface area (Å²) in [6.45, 7) is 3.68. The highest BCUT2D eigenvalue weighted by Gasteiger charge is 2.23. The Morgan fingerprint density at radius 3 is 2.43 bits per heavy atom. The number of hydrogen-bond acceptors (Lipinski definition) is 3. The number of nitrogens with two attached hydrogens (primary N) is 1. The molecule has 0 fully saturated rings. The van der Waals surface area contributed by atoms with Gasteiger partial charge in [0.05, 0.1) is 5.92 Å². The van der Waals surface area contributed by atoms with Gasteiger partial charge in [-0.05, 0) is 25.3 Å². The van der Waals surface area contributed by atoms with E-state index in [0.29, 0.717) is 12.8 Å². The van der Waals surface area contributed by atoms with Crippen LogP contribution < -0.4 is 11.1 Å². The molecule has 0 spiro atoms. The van der Waals surface area contributed by atoms with Crippen LogP contribution in [-0.2, 0) is 9.59 Å². The van der Waals surface area contributed by atoms with Crippen molar-refractivity contribution in [3.63, 3.8) is 0 Å². The average Bonchev–Trinajstić information content (AvgIpc) is 2.46. The molecule has 1 aromatic carbocycles. The zero-order chi connectivity index (χ0) is 15.8. The summed E-state index contributed by atoms with van der Waals surface area (Å²) in [5.41, 5.74) is 7.05. The summed E-state index contributed by atoms with van der Waals surface area (Å²) in [5, 5.41) is 11.5. The van der Waals surface area contributed by atoms with Gasteiger partial charge in [-0.1, -0.05) is 37.3 Å². The summed E-state index contributed by atoms with van der Waals surface area (Å²) in [6, 6.07) is 9.11. The van der Waals surface area contributed by atoms with E-state index in [1.165, 1.54) is 0 Å². The lowest BCUT2D eigenvalue weighted by Gasteiger charge is -2.22. The van der Waals surface area contributed by atoms with Gasteiger partial charge in [-0.3, -0.25) is 9.59 Å². The lowest BCUT2D eigenvalue weighted by atomic mass is 9.94. The van der Waals surface area contributed by atoms with Crippen LogP contribution in [0.25, 0.3) is 0 Å². The van der Waals surface area contributed by atoms with Crippen molar-refractivity contribution < 1.29 is 14.7 Å². The van der Waals surface area contributed by atoms with Crippen LogP contribution in [0.1, 0.15) is 44.7 Å². The average molecular weight is 292 g/mol. The summed E-state index contributed by atoms with van der Waals surface area (Å²) >= 11 is 0. The Bertz CT molecular complexity index is 462. The molecule has 0 saturated carbocycles. The summed E-state index contributed by atoms with van der Waals surface area (Å²) < 4.78 is 0. The Kier molecular flexibility index (Phi) is 6.88. The number of carboxylic acid groups (broad SMARTS) is 1. The van der Waals surface area contributed by atoms with Crippen molar-refractivity contribution in [2.45, 2.75) is 45.2 Å². The third-order valence-electron chi connectivity index (χ3n) is 3.55. The SMILES string of the molecule is CC(CCCC(=O)O)NC(=O)C(C)C(N)c1ccccc1. The second kappa shape index (κ2) is 8.42. The van der Waals surface area contributed by atoms with Crippen LogP contribution in [0.15, 0.2) is 30.3 Å². The molecule has 3 atom stereocenters. The van der Waals surface area contributed by atoms with E-state index in [2.05, 4.69) is 5.32 Å². The van der Waals surface area contributed by atoms with E-state index >= 15 is 0 Å². The highest BCUT2D eigenvalue weighted by Crippen LogP contribution is 2.19. The number of benzene rings is 1. The number of rotatable bonds is 8. The summed E-state index contributed by atoms with van der Waals surface area (Å²) in [4.78, 5) is 22.6.